The molecule has 3 heterocycles. The summed E-state index contributed by atoms with van der Waals surface area (Å²) >= 11 is 0. The van der Waals surface area contributed by atoms with E-state index in [9.17, 15) is 24.3 Å². The molecule has 224 valence electrons. The average Bonchev–Trinajstić information content (AvgIpc) is 3.64. The van der Waals surface area contributed by atoms with E-state index < -0.39 is 52.8 Å². The Kier molecular flexibility index (Phi) is 5.41. The number of nitrogens with zero attached hydrogens (tertiary/aromatic N) is 2. The zero-order chi connectivity index (χ0) is 30.1. The summed E-state index contributed by atoms with van der Waals surface area (Å²) in [4.78, 5) is 57.8. The number of hydrogen-bond donors (Lipinski definition) is 1. The quantitative estimate of drug-likeness (QED) is 0.323. The van der Waals surface area contributed by atoms with Crippen LogP contribution in [-0.4, -0.2) is 81.1 Å². The maximum atomic E-state index is 14.3. The van der Waals surface area contributed by atoms with Crippen molar-refractivity contribution < 1.29 is 38.5 Å². The molecular formula is C33H34N2O8. The fourth-order valence-electron chi connectivity index (χ4n) is 8.50. The van der Waals surface area contributed by atoms with Crippen LogP contribution in [0.4, 0.5) is 4.79 Å². The molecule has 43 heavy (non-hydrogen) atoms. The van der Waals surface area contributed by atoms with Crippen LogP contribution in [0.5, 0.6) is 11.5 Å². The van der Waals surface area contributed by atoms with E-state index in [0.717, 1.165) is 19.4 Å². The first kappa shape index (κ1) is 26.8. The number of ether oxygens (including phenoxy) is 3. The molecule has 1 N–H and O–H groups in total. The molecule has 10 nitrogen and oxygen atoms in total. The van der Waals surface area contributed by atoms with Crippen LogP contribution in [0.15, 0.2) is 36.4 Å². The predicted molar refractivity (Wildman–Crippen MR) is 151 cm³/mol. The van der Waals surface area contributed by atoms with Gasteiger partial charge in [0, 0.05) is 24.2 Å². The Labute approximate surface area is 248 Å². The van der Waals surface area contributed by atoms with Crippen LogP contribution >= 0.6 is 0 Å². The molecule has 2 saturated carbocycles. The van der Waals surface area contributed by atoms with Gasteiger partial charge in [-0.2, -0.15) is 0 Å². The van der Waals surface area contributed by atoms with Crippen molar-refractivity contribution in [3.05, 3.63) is 58.7 Å². The molecule has 3 aliphatic heterocycles. The Morgan fingerprint density at radius 3 is 2.35 bits per heavy atom. The van der Waals surface area contributed by atoms with E-state index >= 15 is 0 Å². The normalized spacial score (nSPS) is 32.3. The van der Waals surface area contributed by atoms with Crippen molar-refractivity contribution >= 4 is 23.8 Å². The van der Waals surface area contributed by atoms with E-state index in [1.807, 2.05) is 0 Å². The monoisotopic (exact) mass is 586 g/mol. The van der Waals surface area contributed by atoms with Gasteiger partial charge in [-0.1, -0.05) is 12.1 Å². The standard InChI is InChI=1S/C33H34N2O8/c1-31(2,3)43-30(39)41-22-11-10-20-23-25(22)42-27-21(35-28(37)18-6-4-5-7-19(18)29(35)38)12-13-33(40)26(24(20)36)34(16-17-8-9-17)15-14-32(23,27)33/h4-7,10-11,17,21,26-27,40H,8-9,12-16H2,1-3H3/t21-,26-,27+,32+,33-/m1/s1. The van der Waals surface area contributed by atoms with Crippen LogP contribution in [0.2, 0.25) is 0 Å². The van der Waals surface area contributed by atoms with E-state index in [1.54, 1.807) is 51.1 Å². The molecule has 8 rings (SSSR count). The highest BCUT2D eigenvalue weighted by Crippen LogP contribution is 2.66. The zero-order valence-electron chi connectivity index (χ0n) is 24.4. The van der Waals surface area contributed by atoms with Crippen molar-refractivity contribution in [1.29, 1.82) is 0 Å². The van der Waals surface area contributed by atoms with Gasteiger partial charge in [0.25, 0.3) is 11.8 Å². The summed E-state index contributed by atoms with van der Waals surface area (Å²) in [5, 5.41) is 12.8. The fourth-order valence-corrected chi connectivity index (χ4v) is 8.50. The van der Waals surface area contributed by atoms with Crippen molar-refractivity contribution in [2.45, 2.75) is 87.7 Å². The Morgan fingerprint density at radius 2 is 1.70 bits per heavy atom. The number of carbonyl (C=O) groups excluding carboxylic acids is 4. The van der Waals surface area contributed by atoms with Gasteiger partial charge in [-0.05, 0) is 83.1 Å². The number of hydrogen-bond acceptors (Lipinski definition) is 9. The lowest BCUT2D eigenvalue weighted by Gasteiger charge is -2.63. The molecule has 5 atom stereocenters. The summed E-state index contributed by atoms with van der Waals surface area (Å²) in [5.74, 6) is -0.192. The number of fused-ring (bicyclic) bond motifs is 1. The van der Waals surface area contributed by atoms with Gasteiger partial charge >= 0.3 is 6.16 Å². The van der Waals surface area contributed by atoms with Crippen molar-refractivity contribution in [3.63, 3.8) is 0 Å². The lowest BCUT2D eigenvalue weighted by molar-refractivity contribution is -0.182. The first-order valence-electron chi connectivity index (χ1n) is 15.2. The SMILES string of the molecule is CC(C)(C)OC(=O)Oc1ccc2c3c1O[C@H]1[C@H](N4C(=O)c5ccccc5C4=O)CC[C@@]4(O)[C@@H](C2=O)N(CC2CC2)CC[C@]314. The number of benzene rings is 2. The second-order valence-electron chi connectivity index (χ2n) is 13.9. The maximum absolute atomic E-state index is 14.3. The summed E-state index contributed by atoms with van der Waals surface area (Å²) in [7, 11) is 0. The van der Waals surface area contributed by atoms with Gasteiger partial charge < -0.3 is 19.3 Å². The number of piperidine rings is 1. The summed E-state index contributed by atoms with van der Waals surface area (Å²) in [5.41, 5.74) is -1.78. The molecule has 10 heteroatoms. The van der Waals surface area contributed by atoms with Crippen LogP contribution in [-0.2, 0) is 10.2 Å². The van der Waals surface area contributed by atoms with Crippen LogP contribution in [0.25, 0.3) is 0 Å². The molecule has 2 aromatic rings. The average molecular weight is 587 g/mol. The molecule has 1 spiro atoms. The molecule has 2 amide bonds. The third kappa shape index (κ3) is 3.53. The number of Topliss-reactive ketones (excluding diaryl/α,β-unsaturated/α-hetero) is 1. The van der Waals surface area contributed by atoms with Crippen LogP contribution < -0.4 is 9.47 Å². The second-order valence-corrected chi connectivity index (χ2v) is 13.9. The number of ketones is 1. The number of likely N-dealkylation sites (tertiary alicyclic amines) is 1. The maximum Gasteiger partial charge on any atom is 0.514 e. The summed E-state index contributed by atoms with van der Waals surface area (Å²) in [6.45, 7) is 6.48. The zero-order valence-corrected chi connectivity index (χ0v) is 24.4. The van der Waals surface area contributed by atoms with E-state index in [0.29, 0.717) is 41.1 Å². The minimum Gasteiger partial charge on any atom is -0.483 e. The van der Waals surface area contributed by atoms with Crippen molar-refractivity contribution in [1.82, 2.24) is 9.80 Å². The van der Waals surface area contributed by atoms with Gasteiger partial charge in [0.2, 0.25) is 0 Å². The molecular weight excluding hydrogens is 552 g/mol. The Bertz CT molecular complexity index is 1590. The van der Waals surface area contributed by atoms with Gasteiger partial charge in [0.05, 0.1) is 22.6 Å². The highest BCUT2D eigenvalue weighted by atomic mass is 16.7. The summed E-state index contributed by atoms with van der Waals surface area (Å²) in [6, 6.07) is 8.46. The molecule has 6 aliphatic rings. The molecule has 0 aromatic heterocycles. The molecule has 3 fully saturated rings. The van der Waals surface area contributed by atoms with Crippen LogP contribution in [0, 0.1) is 5.92 Å². The largest absolute Gasteiger partial charge is 0.514 e. The molecule has 2 aromatic carbocycles. The molecule has 1 saturated heterocycles. The highest BCUT2D eigenvalue weighted by Gasteiger charge is 2.76. The Morgan fingerprint density at radius 1 is 1.00 bits per heavy atom. The third-order valence-electron chi connectivity index (χ3n) is 10.3. The minimum absolute atomic E-state index is 0.0758. The third-order valence-corrected chi connectivity index (χ3v) is 10.3. The lowest BCUT2D eigenvalue weighted by Crippen LogP contribution is -2.79. The Balaban J connectivity index is 1.27. The Hall–Kier alpha value is -3.76. The number of amides is 2. The number of rotatable bonds is 4. The first-order chi connectivity index (χ1) is 20.4. The fraction of sp³-hybridized carbons (Fsp3) is 0.515. The number of carbonyl (C=O) groups is 4. The molecule has 2 bridgehead atoms. The van der Waals surface area contributed by atoms with E-state index in [4.69, 9.17) is 14.2 Å². The molecule has 3 aliphatic carbocycles. The topological polar surface area (TPSA) is 123 Å². The number of imide groups is 1. The summed E-state index contributed by atoms with van der Waals surface area (Å²) < 4.78 is 17.7. The highest BCUT2D eigenvalue weighted by molar-refractivity contribution is 6.21. The van der Waals surface area contributed by atoms with Gasteiger partial charge in [-0.15, -0.1) is 0 Å². The van der Waals surface area contributed by atoms with E-state index in [1.165, 1.54) is 11.0 Å². The van der Waals surface area contributed by atoms with E-state index in [2.05, 4.69) is 4.90 Å². The van der Waals surface area contributed by atoms with Crippen molar-refractivity contribution in [2.24, 2.45) is 5.92 Å². The summed E-state index contributed by atoms with van der Waals surface area (Å²) in [6.07, 6.45) is 1.39. The van der Waals surface area contributed by atoms with Gasteiger partial charge in [-0.25, -0.2) is 4.79 Å². The predicted octanol–water partition coefficient (Wildman–Crippen LogP) is 3.87. The van der Waals surface area contributed by atoms with Crippen LogP contribution in [0.1, 0.15) is 89.5 Å². The van der Waals surface area contributed by atoms with Gasteiger partial charge in [-0.3, -0.25) is 24.2 Å². The van der Waals surface area contributed by atoms with Crippen molar-refractivity contribution in [3.8, 4) is 11.5 Å². The lowest BCUT2D eigenvalue weighted by atomic mass is 9.48. The number of aliphatic hydroxyl groups is 1. The smallest absolute Gasteiger partial charge is 0.483 e. The molecule has 0 radical (unpaired) electrons. The molecule has 0 unspecified atom stereocenters. The first-order valence-corrected chi connectivity index (χ1v) is 15.2. The van der Waals surface area contributed by atoms with Gasteiger partial charge in [0.1, 0.15) is 23.3 Å². The second kappa shape index (κ2) is 8.66. The minimum atomic E-state index is -1.50. The van der Waals surface area contributed by atoms with Crippen LogP contribution in [0.3, 0.4) is 0 Å². The van der Waals surface area contributed by atoms with E-state index in [-0.39, 0.29) is 30.1 Å². The van der Waals surface area contributed by atoms with Crippen molar-refractivity contribution in [2.75, 3.05) is 13.1 Å². The van der Waals surface area contributed by atoms with Gasteiger partial charge in [0.15, 0.2) is 17.3 Å².